The van der Waals surface area contributed by atoms with Gasteiger partial charge in [0, 0.05) is 16.3 Å². The Balaban J connectivity index is 1.98. The maximum atomic E-state index is 10.1. The fourth-order valence-corrected chi connectivity index (χ4v) is 3.60. The number of hydrogen-bond acceptors (Lipinski definition) is 7. The predicted octanol–water partition coefficient (Wildman–Crippen LogP) is -0.240. The zero-order chi connectivity index (χ0) is 17.0. The van der Waals surface area contributed by atoms with E-state index >= 15 is 0 Å². The van der Waals surface area contributed by atoms with Crippen molar-refractivity contribution in [2.75, 3.05) is 12.4 Å². The number of piperidine rings is 1. The summed E-state index contributed by atoms with van der Waals surface area (Å²) in [4.78, 5) is 2.40. The van der Waals surface area contributed by atoms with Crippen LogP contribution in [-0.4, -0.2) is 73.4 Å². The average Bonchev–Trinajstić information content (AvgIpc) is 2.56. The summed E-state index contributed by atoms with van der Waals surface area (Å²) in [5.41, 5.74) is 0.491. The van der Waals surface area contributed by atoms with Gasteiger partial charge in [-0.25, -0.2) is 0 Å². The van der Waals surface area contributed by atoms with Crippen LogP contribution in [0.2, 0.25) is 0 Å². The van der Waals surface area contributed by atoms with Crippen molar-refractivity contribution in [1.82, 2.24) is 4.90 Å². The number of nitrogens with zero attached hydrogens (tertiary/aromatic N) is 1. The maximum absolute atomic E-state index is 10.1. The molecule has 2 rings (SSSR count). The molecule has 0 aromatic heterocycles. The highest BCUT2D eigenvalue weighted by atomic mass is 32.2. The van der Waals surface area contributed by atoms with Gasteiger partial charge in [0.2, 0.25) is 0 Å². The molecule has 1 heterocycles. The topological polar surface area (TPSA) is 104 Å². The first kappa shape index (κ1) is 18.3. The lowest BCUT2D eigenvalue weighted by Gasteiger charge is -2.48. The van der Waals surface area contributed by atoms with Crippen molar-refractivity contribution in [3.63, 3.8) is 0 Å². The summed E-state index contributed by atoms with van der Waals surface area (Å²) in [6.45, 7) is 3.42. The Labute approximate surface area is 139 Å². The summed E-state index contributed by atoms with van der Waals surface area (Å²) < 4.78 is 0. The highest BCUT2D eigenvalue weighted by molar-refractivity contribution is 7.99. The Morgan fingerprint density at radius 1 is 1.04 bits per heavy atom. The van der Waals surface area contributed by atoms with Gasteiger partial charge in [0.15, 0.2) is 6.23 Å². The molecule has 0 aliphatic carbocycles. The third-order valence-electron chi connectivity index (χ3n) is 4.00. The van der Waals surface area contributed by atoms with Crippen molar-refractivity contribution in [2.45, 2.75) is 41.9 Å². The number of likely N-dealkylation sites (tertiary alicyclic amines) is 1. The lowest BCUT2D eigenvalue weighted by molar-refractivity contribution is -0.212. The molecule has 7 heteroatoms. The molecule has 1 saturated heterocycles. The Kier molecular flexibility index (Phi) is 6.46. The molecule has 0 saturated carbocycles. The van der Waals surface area contributed by atoms with E-state index in [1.807, 2.05) is 30.3 Å². The Bertz CT molecular complexity index is 514. The number of aliphatic hydroxyl groups is 5. The first-order valence-corrected chi connectivity index (χ1v) is 8.43. The quantitative estimate of drug-likeness (QED) is 0.455. The van der Waals surface area contributed by atoms with Crippen molar-refractivity contribution >= 4 is 11.8 Å². The van der Waals surface area contributed by atoms with Crippen molar-refractivity contribution in [1.29, 1.82) is 0 Å². The van der Waals surface area contributed by atoms with Gasteiger partial charge >= 0.3 is 0 Å². The second kappa shape index (κ2) is 8.14. The predicted molar refractivity (Wildman–Crippen MR) is 87.7 cm³/mol. The van der Waals surface area contributed by atoms with Crippen molar-refractivity contribution in [3.05, 3.63) is 42.6 Å². The van der Waals surface area contributed by atoms with E-state index in [-0.39, 0.29) is 0 Å². The first-order chi connectivity index (χ1) is 11.0. The molecular formula is C16H23NO5S. The number of allylic oxidation sites excluding steroid dienone is 1. The Hall–Kier alpha value is -1.09. The van der Waals surface area contributed by atoms with Gasteiger partial charge in [0.05, 0.1) is 12.6 Å². The van der Waals surface area contributed by atoms with Crippen LogP contribution in [-0.2, 0) is 0 Å². The molecule has 0 radical (unpaired) electrons. The highest BCUT2D eigenvalue weighted by Gasteiger charge is 2.47. The molecule has 1 aromatic rings. The largest absolute Gasteiger partial charge is 0.394 e. The van der Waals surface area contributed by atoms with Gasteiger partial charge in [-0.1, -0.05) is 24.8 Å². The standard InChI is InChI=1S/C16H23NO5S/c1-10(7-8-23-11-5-3-2-4-6-11)17-12(9-18)13(19)14(20)15(21)16(17)22/h2-6,12-16,18-22H,1,7-9H2/t12-,13-,14+,15-,16?/m1/s1. The number of hydrogen-bond donors (Lipinski definition) is 5. The van der Waals surface area contributed by atoms with E-state index < -0.39 is 37.2 Å². The molecule has 5 atom stereocenters. The summed E-state index contributed by atoms with van der Waals surface area (Å²) in [5.74, 6) is 0.693. The first-order valence-electron chi connectivity index (χ1n) is 7.44. The van der Waals surface area contributed by atoms with Crippen LogP contribution in [0.25, 0.3) is 0 Å². The second-order valence-electron chi connectivity index (χ2n) is 5.52. The van der Waals surface area contributed by atoms with E-state index in [0.717, 1.165) is 4.90 Å². The van der Waals surface area contributed by atoms with Gasteiger partial charge in [-0.2, -0.15) is 0 Å². The average molecular weight is 341 g/mol. The smallest absolute Gasteiger partial charge is 0.156 e. The lowest BCUT2D eigenvalue weighted by Crippen LogP contribution is -2.66. The second-order valence-corrected chi connectivity index (χ2v) is 6.69. The molecule has 1 fully saturated rings. The molecule has 1 aromatic carbocycles. The summed E-state index contributed by atoms with van der Waals surface area (Å²) in [6, 6.07) is 8.90. The minimum atomic E-state index is -1.52. The maximum Gasteiger partial charge on any atom is 0.156 e. The molecule has 128 valence electrons. The summed E-state index contributed by atoms with van der Waals surface area (Å²) in [6.07, 6.45) is -5.31. The van der Waals surface area contributed by atoms with Crippen LogP contribution in [0.1, 0.15) is 6.42 Å². The fraction of sp³-hybridized carbons (Fsp3) is 0.500. The van der Waals surface area contributed by atoms with Gasteiger partial charge in [0.1, 0.15) is 18.3 Å². The van der Waals surface area contributed by atoms with Crippen LogP contribution < -0.4 is 0 Å². The van der Waals surface area contributed by atoms with Crippen molar-refractivity contribution in [3.8, 4) is 0 Å². The van der Waals surface area contributed by atoms with Gasteiger partial charge in [-0.3, -0.25) is 0 Å². The van der Waals surface area contributed by atoms with E-state index in [1.54, 1.807) is 11.8 Å². The monoisotopic (exact) mass is 341 g/mol. The minimum Gasteiger partial charge on any atom is -0.394 e. The van der Waals surface area contributed by atoms with Gasteiger partial charge in [-0.05, 0) is 18.6 Å². The third-order valence-corrected chi connectivity index (χ3v) is 5.01. The molecule has 0 amide bonds. The molecule has 1 aliphatic rings. The molecule has 1 unspecified atom stereocenters. The van der Waals surface area contributed by atoms with Crippen LogP contribution in [0.4, 0.5) is 0 Å². The summed E-state index contributed by atoms with van der Waals surface area (Å²) in [5, 5.41) is 49.1. The van der Waals surface area contributed by atoms with Crippen LogP contribution in [0.3, 0.4) is 0 Å². The van der Waals surface area contributed by atoms with Crippen LogP contribution in [0.15, 0.2) is 47.5 Å². The van der Waals surface area contributed by atoms with E-state index in [1.165, 1.54) is 4.90 Å². The van der Waals surface area contributed by atoms with Crippen LogP contribution in [0.5, 0.6) is 0 Å². The highest BCUT2D eigenvalue weighted by Crippen LogP contribution is 2.29. The molecule has 23 heavy (non-hydrogen) atoms. The molecule has 1 aliphatic heterocycles. The van der Waals surface area contributed by atoms with Gasteiger partial charge in [0.25, 0.3) is 0 Å². The van der Waals surface area contributed by atoms with Gasteiger partial charge in [-0.15, -0.1) is 11.8 Å². The van der Waals surface area contributed by atoms with E-state index in [9.17, 15) is 25.5 Å². The number of thioether (sulfide) groups is 1. The van der Waals surface area contributed by atoms with Crippen LogP contribution in [0, 0.1) is 0 Å². The number of rotatable bonds is 6. The van der Waals surface area contributed by atoms with Crippen LogP contribution >= 0.6 is 11.8 Å². The van der Waals surface area contributed by atoms with E-state index in [0.29, 0.717) is 17.9 Å². The molecule has 5 N–H and O–H groups in total. The Morgan fingerprint density at radius 3 is 2.30 bits per heavy atom. The summed E-state index contributed by atoms with van der Waals surface area (Å²) in [7, 11) is 0. The Morgan fingerprint density at radius 2 is 1.70 bits per heavy atom. The zero-order valence-corrected chi connectivity index (χ0v) is 13.5. The van der Waals surface area contributed by atoms with E-state index in [4.69, 9.17) is 0 Å². The van der Waals surface area contributed by atoms with Gasteiger partial charge < -0.3 is 30.4 Å². The SMILES string of the molecule is C=C(CCSc1ccccc1)N1C(O)[C@H](O)[C@@H](O)[C@H](O)[C@H]1CO. The van der Waals surface area contributed by atoms with Crippen molar-refractivity contribution in [2.24, 2.45) is 0 Å². The third kappa shape index (κ3) is 4.06. The number of aliphatic hydroxyl groups excluding tert-OH is 5. The normalized spacial score (nSPS) is 31.2. The fourth-order valence-electron chi connectivity index (χ4n) is 2.68. The molecular weight excluding hydrogens is 318 g/mol. The molecule has 0 bridgehead atoms. The number of benzene rings is 1. The van der Waals surface area contributed by atoms with Crippen molar-refractivity contribution < 1.29 is 25.5 Å². The molecule has 0 spiro atoms. The van der Waals surface area contributed by atoms with E-state index in [2.05, 4.69) is 6.58 Å². The molecule has 6 nitrogen and oxygen atoms in total. The lowest BCUT2D eigenvalue weighted by atomic mass is 9.92. The minimum absolute atomic E-state index is 0.465. The zero-order valence-electron chi connectivity index (χ0n) is 12.7. The summed E-state index contributed by atoms with van der Waals surface area (Å²) >= 11 is 1.62.